The van der Waals surface area contributed by atoms with Gasteiger partial charge in [0, 0.05) is 21.8 Å². The van der Waals surface area contributed by atoms with Gasteiger partial charge in [-0.25, -0.2) is 4.98 Å². The average molecular weight is 299 g/mol. The van der Waals surface area contributed by atoms with Crippen molar-refractivity contribution in [3.05, 3.63) is 40.6 Å². The Bertz CT molecular complexity index is 471. The molecule has 0 aliphatic carbocycles. The quantitative estimate of drug-likeness (QED) is 0.913. The number of rotatable bonds is 3. The van der Waals surface area contributed by atoms with Gasteiger partial charge >= 0.3 is 0 Å². The van der Waals surface area contributed by atoms with Crippen LogP contribution in [0.15, 0.2) is 45.1 Å². The molecule has 1 atom stereocenters. The van der Waals surface area contributed by atoms with E-state index in [-0.39, 0.29) is 0 Å². The first kappa shape index (κ1) is 11.7. The summed E-state index contributed by atoms with van der Waals surface area (Å²) in [6.45, 7) is 1.75. The number of hydrogen-bond acceptors (Lipinski definition) is 3. The molecule has 1 aromatic heterocycles. The summed E-state index contributed by atoms with van der Waals surface area (Å²) in [6, 6.07) is 5.82. The van der Waals surface area contributed by atoms with Gasteiger partial charge in [0.05, 0.1) is 6.10 Å². The number of nitrogens with zero attached hydrogens (tertiary/aromatic N) is 1. The lowest BCUT2D eigenvalue weighted by Crippen LogP contribution is -1.91. The number of hydrogen-bond donors (Lipinski definition) is 2. The van der Waals surface area contributed by atoms with E-state index < -0.39 is 6.10 Å². The normalized spacial score (nSPS) is 12.7. The molecule has 1 aromatic carbocycles. The number of aliphatic hydroxyl groups is 1. The van der Waals surface area contributed by atoms with Crippen molar-refractivity contribution in [1.29, 1.82) is 0 Å². The Morgan fingerprint density at radius 1 is 1.50 bits per heavy atom. The van der Waals surface area contributed by atoms with Gasteiger partial charge in [-0.15, -0.1) is 0 Å². The average Bonchev–Trinajstić information content (AvgIpc) is 2.73. The van der Waals surface area contributed by atoms with Crippen LogP contribution in [-0.2, 0) is 0 Å². The van der Waals surface area contributed by atoms with Crippen LogP contribution >= 0.6 is 27.7 Å². The molecule has 2 N–H and O–H groups in total. The third kappa shape index (κ3) is 2.66. The number of benzene rings is 1. The lowest BCUT2D eigenvalue weighted by molar-refractivity contribution is 0.199. The van der Waals surface area contributed by atoms with Gasteiger partial charge in [0.2, 0.25) is 0 Å². The van der Waals surface area contributed by atoms with Crippen LogP contribution < -0.4 is 0 Å². The third-order valence-corrected chi connectivity index (χ3v) is 4.03. The Kier molecular flexibility index (Phi) is 3.68. The molecule has 0 unspecified atom stereocenters. The Labute approximate surface area is 106 Å². The Balaban J connectivity index is 2.23. The van der Waals surface area contributed by atoms with Crippen molar-refractivity contribution in [1.82, 2.24) is 9.97 Å². The highest BCUT2D eigenvalue weighted by Gasteiger charge is 2.07. The summed E-state index contributed by atoms with van der Waals surface area (Å²) in [5.74, 6) is 0. The maximum atomic E-state index is 9.45. The zero-order chi connectivity index (χ0) is 11.5. The number of nitrogens with one attached hydrogen (secondary N) is 1. The van der Waals surface area contributed by atoms with Crippen molar-refractivity contribution in [2.75, 3.05) is 0 Å². The molecular weight excluding hydrogens is 288 g/mol. The highest BCUT2D eigenvalue weighted by atomic mass is 79.9. The number of H-pyrrole nitrogens is 1. The van der Waals surface area contributed by atoms with Gasteiger partial charge in [-0.1, -0.05) is 17.8 Å². The molecule has 16 heavy (non-hydrogen) atoms. The molecule has 0 amide bonds. The molecule has 3 nitrogen and oxygen atoms in total. The molecule has 0 radical (unpaired) electrons. The minimum atomic E-state index is -0.445. The predicted octanol–water partition coefficient (Wildman–Crippen LogP) is 3.38. The fourth-order valence-corrected chi connectivity index (χ4v) is 2.65. The van der Waals surface area contributed by atoms with Crippen molar-refractivity contribution in [2.45, 2.75) is 23.1 Å². The zero-order valence-electron chi connectivity index (χ0n) is 8.64. The first-order valence-electron chi connectivity index (χ1n) is 4.81. The van der Waals surface area contributed by atoms with Gasteiger partial charge in [0.15, 0.2) is 5.16 Å². The number of halogens is 1. The molecule has 2 rings (SSSR count). The van der Waals surface area contributed by atoms with Gasteiger partial charge in [-0.2, -0.15) is 0 Å². The second-order valence-electron chi connectivity index (χ2n) is 3.36. The van der Waals surface area contributed by atoms with Crippen LogP contribution in [0.3, 0.4) is 0 Å². The molecule has 0 saturated carbocycles. The molecule has 1 heterocycles. The van der Waals surface area contributed by atoms with Crippen molar-refractivity contribution in [3.63, 3.8) is 0 Å². The largest absolute Gasteiger partial charge is 0.389 e. The minimum Gasteiger partial charge on any atom is -0.389 e. The second kappa shape index (κ2) is 5.03. The fraction of sp³-hybridized carbons (Fsp3) is 0.182. The van der Waals surface area contributed by atoms with Crippen molar-refractivity contribution < 1.29 is 5.11 Å². The van der Waals surface area contributed by atoms with E-state index in [1.807, 2.05) is 18.2 Å². The highest BCUT2D eigenvalue weighted by molar-refractivity contribution is 9.10. The van der Waals surface area contributed by atoms with E-state index >= 15 is 0 Å². The summed E-state index contributed by atoms with van der Waals surface area (Å²) in [5, 5.41) is 10.3. The van der Waals surface area contributed by atoms with Crippen LogP contribution in [0.1, 0.15) is 18.6 Å². The minimum absolute atomic E-state index is 0.445. The van der Waals surface area contributed by atoms with E-state index in [2.05, 4.69) is 25.9 Å². The maximum Gasteiger partial charge on any atom is 0.170 e. The van der Waals surface area contributed by atoms with Crippen molar-refractivity contribution in [3.8, 4) is 0 Å². The number of aromatic nitrogens is 2. The molecule has 0 bridgehead atoms. The van der Waals surface area contributed by atoms with Gasteiger partial charge in [0.25, 0.3) is 0 Å². The van der Waals surface area contributed by atoms with Crippen molar-refractivity contribution in [2.24, 2.45) is 0 Å². The molecular formula is C11H11BrN2OS. The van der Waals surface area contributed by atoms with E-state index in [9.17, 15) is 5.11 Å². The topological polar surface area (TPSA) is 48.9 Å². The van der Waals surface area contributed by atoms with E-state index in [0.29, 0.717) is 0 Å². The van der Waals surface area contributed by atoms with E-state index in [1.165, 1.54) is 0 Å². The van der Waals surface area contributed by atoms with Crippen LogP contribution in [0.25, 0.3) is 0 Å². The van der Waals surface area contributed by atoms with Crippen LogP contribution in [-0.4, -0.2) is 15.1 Å². The summed E-state index contributed by atoms with van der Waals surface area (Å²) < 4.78 is 0.965. The highest BCUT2D eigenvalue weighted by Crippen LogP contribution is 2.33. The first-order chi connectivity index (χ1) is 7.66. The zero-order valence-corrected chi connectivity index (χ0v) is 11.0. The first-order valence-corrected chi connectivity index (χ1v) is 6.42. The monoisotopic (exact) mass is 298 g/mol. The summed E-state index contributed by atoms with van der Waals surface area (Å²) in [5.41, 5.74) is 0.899. The number of aromatic amines is 1. The predicted molar refractivity (Wildman–Crippen MR) is 67.5 cm³/mol. The molecule has 0 spiro atoms. The van der Waals surface area contributed by atoms with Crippen LogP contribution in [0.2, 0.25) is 0 Å². The SMILES string of the molecule is C[C@H](O)c1ccc(Sc2ncc[nH]2)c(Br)c1. The lowest BCUT2D eigenvalue weighted by atomic mass is 10.1. The van der Waals surface area contributed by atoms with Crippen LogP contribution in [0.5, 0.6) is 0 Å². The summed E-state index contributed by atoms with van der Waals surface area (Å²) in [7, 11) is 0. The van der Waals surface area contributed by atoms with Crippen LogP contribution in [0, 0.1) is 0 Å². The molecule has 0 fully saturated rings. The standard InChI is InChI=1S/C11H11BrN2OS/c1-7(15)8-2-3-10(9(12)6-8)16-11-13-4-5-14-11/h2-7,15H,1H3,(H,13,14)/t7-/m0/s1. The Hall–Kier alpha value is -0.780. The van der Waals surface area contributed by atoms with E-state index in [4.69, 9.17) is 0 Å². The fourth-order valence-electron chi connectivity index (χ4n) is 1.27. The summed E-state index contributed by atoms with van der Waals surface area (Å²) in [4.78, 5) is 8.25. The number of imidazole rings is 1. The van der Waals surface area contributed by atoms with Gasteiger partial charge in [-0.05, 0) is 40.5 Å². The van der Waals surface area contributed by atoms with E-state index in [1.54, 1.807) is 31.1 Å². The lowest BCUT2D eigenvalue weighted by Gasteiger charge is -2.07. The molecule has 84 valence electrons. The molecule has 0 aliphatic heterocycles. The Morgan fingerprint density at radius 2 is 2.31 bits per heavy atom. The number of aliphatic hydroxyl groups excluding tert-OH is 1. The van der Waals surface area contributed by atoms with Crippen LogP contribution in [0.4, 0.5) is 0 Å². The molecule has 5 heteroatoms. The summed E-state index contributed by atoms with van der Waals surface area (Å²) in [6.07, 6.45) is 3.07. The molecule has 0 saturated heterocycles. The van der Waals surface area contributed by atoms with E-state index in [0.717, 1.165) is 20.1 Å². The Morgan fingerprint density at radius 3 is 2.88 bits per heavy atom. The summed E-state index contributed by atoms with van der Waals surface area (Å²) >= 11 is 5.03. The second-order valence-corrected chi connectivity index (χ2v) is 5.25. The smallest absolute Gasteiger partial charge is 0.170 e. The van der Waals surface area contributed by atoms with Gasteiger partial charge < -0.3 is 10.1 Å². The third-order valence-electron chi connectivity index (χ3n) is 2.12. The van der Waals surface area contributed by atoms with Crippen molar-refractivity contribution >= 4 is 27.7 Å². The molecule has 2 aromatic rings. The van der Waals surface area contributed by atoms with Gasteiger partial charge in [-0.3, -0.25) is 0 Å². The van der Waals surface area contributed by atoms with Gasteiger partial charge in [0.1, 0.15) is 0 Å². The molecule has 0 aliphatic rings. The maximum absolute atomic E-state index is 9.45.